The molecule has 0 saturated carbocycles. The molecule has 0 amide bonds. The number of carbonyl (C=O) groups is 1. The number of alkyl halides is 1. The zero-order valence-corrected chi connectivity index (χ0v) is 8.99. The van der Waals surface area contributed by atoms with Crippen LogP contribution in [0.5, 0.6) is 0 Å². The first-order valence-corrected chi connectivity index (χ1v) is 5.38. The molecule has 1 heterocycles. The summed E-state index contributed by atoms with van der Waals surface area (Å²) in [6, 6.07) is 11.4. The fraction of sp³-hybridized carbons (Fsp3) is 0.0909. The number of pyridine rings is 1. The van der Waals surface area contributed by atoms with E-state index in [0.717, 1.165) is 10.9 Å². The first-order valence-electron chi connectivity index (χ1n) is 4.26. The van der Waals surface area contributed by atoms with Crippen molar-refractivity contribution >= 4 is 32.6 Å². The van der Waals surface area contributed by atoms with Crippen LogP contribution in [0, 0.1) is 0 Å². The van der Waals surface area contributed by atoms with Crippen LogP contribution >= 0.6 is 15.9 Å². The van der Waals surface area contributed by atoms with E-state index in [4.69, 9.17) is 0 Å². The molecule has 2 nitrogen and oxygen atoms in total. The van der Waals surface area contributed by atoms with Crippen molar-refractivity contribution < 1.29 is 4.79 Å². The summed E-state index contributed by atoms with van der Waals surface area (Å²) in [5.74, 6) is 0.00996. The molecule has 0 aliphatic rings. The van der Waals surface area contributed by atoms with Crippen molar-refractivity contribution in [3.8, 4) is 0 Å². The van der Waals surface area contributed by atoms with Gasteiger partial charge in [-0.2, -0.15) is 0 Å². The van der Waals surface area contributed by atoms with E-state index in [-0.39, 0.29) is 5.78 Å². The third kappa shape index (κ3) is 1.68. The number of fused-ring (bicyclic) bond motifs is 1. The van der Waals surface area contributed by atoms with Crippen molar-refractivity contribution in [2.75, 3.05) is 5.33 Å². The summed E-state index contributed by atoms with van der Waals surface area (Å²) in [6.45, 7) is 0. The van der Waals surface area contributed by atoms with Gasteiger partial charge in [-0.15, -0.1) is 0 Å². The van der Waals surface area contributed by atoms with Crippen LogP contribution in [0.25, 0.3) is 10.9 Å². The SMILES string of the molecule is O=C(CBr)c1ccc2ccccc2n1. The minimum absolute atomic E-state index is 0.00996. The molecule has 70 valence electrons. The van der Waals surface area contributed by atoms with Crippen molar-refractivity contribution in [1.29, 1.82) is 0 Å². The van der Waals surface area contributed by atoms with Gasteiger partial charge in [-0.05, 0) is 12.1 Å². The lowest BCUT2D eigenvalue weighted by Crippen LogP contribution is -2.02. The van der Waals surface area contributed by atoms with E-state index in [1.807, 2.05) is 30.3 Å². The molecule has 2 aromatic rings. The van der Waals surface area contributed by atoms with Gasteiger partial charge >= 0.3 is 0 Å². The number of benzene rings is 1. The third-order valence-electron chi connectivity index (χ3n) is 2.01. The molecule has 0 aliphatic carbocycles. The van der Waals surface area contributed by atoms with Gasteiger partial charge in [-0.3, -0.25) is 4.79 Å². The van der Waals surface area contributed by atoms with Crippen molar-refractivity contribution in [1.82, 2.24) is 4.98 Å². The van der Waals surface area contributed by atoms with E-state index < -0.39 is 0 Å². The lowest BCUT2D eigenvalue weighted by atomic mass is 10.2. The second-order valence-electron chi connectivity index (χ2n) is 2.95. The van der Waals surface area contributed by atoms with Crippen LogP contribution in [0.3, 0.4) is 0 Å². The molecular formula is C11H8BrNO. The van der Waals surface area contributed by atoms with Crippen LogP contribution in [0.2, 0.25) is 0 Å². The van der Waals surface area contributed by atoms with Gasteiger partial charge in [0.05, 0.1) is 10.8 Å². The highest BCUT2D eigenvalue weighted by Gasteiger charge is 2.05. The number of para-hydroxylation sites is 1. The average molecular weight is 250 g/mol. The topological polar surface area (TPSA) is 30.0 Å². The highest BCUT2D eigenvalue weighted by molar-refractivity contribution is 9.09. The monoisotopic (exact) mass is 249 g/mol. The number of aromatic nitrogens is 1. The Morgan fingerprint density at radius 1 is 1.21 bits per heavy atom. The molecule has 0 bridgehead atoms. The molecule has 0 saturated heterocycles. The average Bonchev–Trinajstić information content (AvgIpc) is 2.27. The Bertz CT molecular complexity index is 481. The lowest BCUT2D eigenvalue weighted by molar-refractivity contribution is 0.101. The molecule has 0 spiro atoms. The zero-order valence-electron chi connectivity index (χ0n) is 7.40. The Labute approximate surface area is 90.1 Å². The van der Waals surface area contributed by atoms with Crippen LogP contribution < -0.4 is 0 Å². The summed E-state index contributed by atoms with van der Waals surface area (Å²) in [4.78, 5) is 15.6. The van der Waals surface area contributed by atoms with Crippen molar-refractivity contribution in [2.24, 2.45) is 0 Å². The molecular weight excluding hydrogens is 242 g/mol. The number of rotatable bonds is 2. The summed E-state index contributed by atoms with van der Waals surface area (Å²) in [5.41, 5.74) is 1.37. The molecule has 0 unspecified atom stereocenters. The molecule has 3 heteroatoms. The second-order valence-corrected chi connectivity index (χ2v) is 3.51. The standard InChI is InChI=1S/C11H8BrNO/c12-7-11(14)10-6-5-8-3-1-2-4-9(8)13-10/h1-6H,7H2. The Kier molecular flexibility index (Phi) is 2.59. The highest BCUT2D eigenvalue weighted by Crippen LogP contribution is 2.12. The van der Waals surface area contributed by atoms with Crippen molar-refractivity contribution in [2.45, 2.75) is 0 Å². The normalized spacial score (nSPS) is 10.4. The van der Waals surface area contributed by atoms with E-state index in [1.165, 1.54) is 0 Å². The van der Waals surface area contributed by atoms with Crippen molar-refractivity contribution in [3.05, 3.63) is 42.1 Å². The number of carbonyl (C=O) groups excluding carboxylic acids is 1. The van der Waals surface area contributed by atoms with E-state index >= 15 is 0 Å². The number of nitrogens with zero attached hydrogens (tertiary/aromatic N) is 1. The summed E-state index contributed by atoms with van der Waals surface area (Å²) >= 11 is 3.13. The fourth-order valence-corrected chi connectivity index (χ4v) is 1.58. The lowest BCUT2D eigenvalue weighted by Gasteiger charge is -1.99. The molecule has 0 radical (unpaired) electrons. The first-order chi connectivity index (χ1) is 6.81. The molecule has 0 aliphatic heterocycles. The predicted molar refractivity (Wildman–Crippen MR) is 59.9 cm³/mol. The number of Topliss-reactive ketones (excluding diaryl/α,β-unsaturated/α-hetero) is 1. The number of hydrogen-bond acceptors (Lipinski definition) is 2. The van der Waals surface area contributed by atoms with E-state index in [1.54, 1.807) is 6.07 Å². The Hall–Kier alpha value is -1.22. The fourth-order valence-electron chi connectivity index (χ4n) is 1.29. The molecule has 14 heavy (non-hydrogen) atoms. The molecule has 1 aromatic carbocycles. The van der Waals surface area contributed by atoms with Crippen LogP contribution in [-0.2, 0) is 0 Å². The smallest absolute Gasteiger partial charge is 0.191 e. The quantitative estimate of drug-likeness (QED) is 0.606. The Morgan fingerprint density at radius 3 is 2.79 bits per heavy atom. The van der Waals surface area contributed by atoms with Gasteiger partial charge in [0.15, 0.2) is 5.78 Å². The molecule has 0 N–H and O–H groups in total. The summed E-state index contributed by atoms with van der Waals surface area (Å²) in [5, 5.41) is 1.37. The first kappa shape index (κ1) is 9.34. The molecule has 0 fully saturated rings. The van der Waals surface area contributed by atoms with Gasteiger partial charge in [0, 0.05) is 5.39 Å². The Morgan fingerprint density at radius 2 is 2.00 bits per heavy atom. The van der Waals surface area contributed by atoms with Crippen molar-refractivity contribution in [3.63, 3.8) is 0 Å². The van der Waals surface area contributed by atoms with Gasteiger partial charge in [0.1, 0.15) is 5.69 Å². The van der Waals surface area contributed by atoms with Crippen LogP contribution in [-0.4, -0.2) is 16.1 Å². The minimum atomic E-state index is 0.00996. The van der Waals surface area contributed by atoms with Gasteiger partial charge in [-0.1, -0.05) is 40.2 Å². The molecule has 1 aromatic heterocycles. The maximum atomic E-state index is 11.3. The number of hydrogen-bond donors (Lipinski definition) is 0. The summed E-state index contributed by atoms with van der Waals surface area (Å²) in [6.07, 6.45) is 0. The Balaban J connectivity index is 2.56. The second kappa shape index (κ2) is 3.88. The number of ketones is 1. The summed E-state index contributed by atoms with van der Waals surface area (Å²) < 4.78 is 0. The zero-order chi connectivity index (χ0) is 9.97. The minimum Gasteiger partial charge on any atom is -0.291 e. The van der Waals surface area contributed by atoms with Gasteiger partial charge in [0.2, 0.25) is 0 Å². The maximum absolute atomic E-state index is 11.3. The molecule has 0 atom stereocenters. The number of halogens is 1. The van der Waals surface area contributed by atoms with Gasteiger partial charge < -0.3 is 0 Å². The predicted octanol–water partition coefficient (Wildman–Crippen LogP) is 2.81. The van der Waals surface area contributed by atoms with E-state index in [2.05, 4.69) is 20.9 Å². The van der Waals surface area contributed by atoms with E-state index in [0.29, 0.717) is 11.0 Å². The van der Waals surface area contributed by atoms with Gasteiger partial charge in [-0.25, -0.2) is 4.98 Å². The van der Waals surface area contributed by atoms with Crippen LogP contribution in [0.15, 0.2) is 36.4 Å². The maximum Gasteiger partial charge on any atom is 0.191 e. The van der Waals surface area contributed by atoms with E-state index in [9.17, 15) is 4.79 Å². The summed E-state index contributed by atoms with van der Waals surface area (Å²) in [7, 11) is 0. The largest absolute Gasteiger partial charge is 0.291 e. The third-order valence-corrected chi connectivity index (χ3v) is 2.51. The van der Waals surface area contributed by atoms with Crippen LogP contribution in [0.1, 0.15) is 10.5 Å². The van der Waals surface area contributed by atoms with Gasteiger partial charge in [0.25, 0.3) is 0 Å². The highest BCUT2D eigenvalue weighted by atomic mass is 79.9. The molecule has 2 rings (SSSR count). The van der Waals surface area contributed by atoms with Crippen LogP contribution in [0.4, 0.5) is 0 Å².